The molecule has 0 aliphatic carbocycles. The van der Waals surface area contributed by atoms with Crippen molar-refractivity contribution in [3.63, 3.8) is 0 Å². The molecule has 364 valence electrons. The van der Waals surface area contributed by atoms with Crippen molar-refractivity contribution in [2.75, 3.05) is 27.2 Å². The monoisotopic (exact) mass is 910 g/mol. The van der Waals surface area contributed by atoms with E-state index in [0.29, 0.717) is 12.4 Å². The number of nitrogens with zero attached hydrogens (tertiary/aromatic N) is 2. The highest BCUT2D eigenvalue weighted by Crippen LogP contribution is 2.45. The minimum Gasteiger partial charge on any atom is -0.459 e. The van der Waals surface area contributed by atoms with E-state index in [4.69, 9.17) is 33.2 Å². The maximum atomic E-state index is 14.4. The van der Waals surface area contributed by atoms with E-state index >= 15 is 0 Å². The number of aromatic amines is 1. The molecule has 0 amide bonds. The van der Waals surface area contributed by atoms with E-state index in [0.717, 1.165) is 4.90 Å². The van der Waals surface area contributed by atoms with Crippen LogP contribution in [0.5, 0.6) is 0 Å². The van der Waals surface area contributed by atoms with Crippen LogP contribution >= 0.6 is 0 Å². The van der Waals surface area contributed by atoms with Crippen LogP contribution in [0.25, 0.3) is 0 Å². The zero-order chi connectivity index (χ0) is 47.0. The molecule has 19 atom stereocenters. The molecule has 5 heterocycles. The number of esters is 1. The first-order chi connectivity index (χ1) is 29.2. The summed E-state index contributed by atoms with van der Waals surface area (Å²) in [4.78, 5) is 22.8. The molecule has 4 aliphatic rings. The number of aromatic nitrogens is 2. The van der Waals surface area contributed by atoms with Crippen molar-refractivity contribution in [2.45, 2.75) is 204 Å². The number of cyclic esters (lactones) is 1. The number of fused-ring (bicyclic) bond motifs is 1. The summed E-state index contributed by atoms with van der Waals surface area (Å²) in [5.41, 5.74) is -6.55. The normalized spacial score (nSPS) is 46.5. The number of rotatable bonds is 10. The van der Waals surface area contributed by atoms with Crippen molar-refractivity contribution in [1.29, 1.82) is 0 Å². The van der Waals surface area contributed by atoms with Crippen LogP contribution in [-0.4, -0.2) is 171 Å². The van der Waals surface area contributed by atoms with Crippen LogP contribution in [-0.2, 0) is 44.5 Å². The van der Waals surface area contributed by atoms with E-state index in [2.05, 4.69) is 20.6 Å². The Hall–Kier alpha value is -2.05. The highest BCUT2D eigenvalue weighted by Gasteiger charge is 2.60. The largest absolute Gasteiger partial charge is 0.459 e. The average Bonchev–Trinajstić information content (AvgIpc) is 3.85. The third-order valence-electron chi connectivity index (χ3n) is 14.2. The number of aliphatic hydroxyl groups is 4. The Morgan fingerprint density at radius 1 is 1.03 bits per heavy atom. The Kier molecular flexibility index (Phi) is 16.5. The van der Waals surface area contributed by atoms with Gasteiger partial charge in [0.2, 0.25) is 6.23 Å². The SMILES string of the molecule is CC[C@H]1OC(=O)[C@H](C)[C@@H](O[C@H]2C[C@@](C)(OC)[C@](O)(CNCc3ncc[nH]3)[C@H](C)O2)[C@H](C)[C@@H](O[C@@H]2O[C@H](C)C[C@H]3[C@H]2OC(C(F)(F)F)N3C)[C@](C)(O)C[C@@H](C)CN[C@H](C)[C@@H](O)[C@]1(C)O. The van der Waals surface area contributed by atoms with Crippen LogP contribution < -0.4 is 10.6 Å². The van der Waals surface area contributed by atoms with E-state index in [1.807, 2.05) is 6.92 Å². The summed E-state index contributed by atoms with van der Waals surface area (Å²) in [6.07, 6.45) is -13.4. The van der Waals surface area contributed by atoms with Crippen molar-refractivity contribution in [1.82, 2.24) is 25.5 Å². The van der Waals surface area contributed by atoms with Gasteiger partial charge in [0, 0.05) is 50.5 Å². The van der Waals surface area contributed by atoms with Gasteiger partial charge in [0.1, 0.15) is 40.9 Å². The fourth-order valence-electron chi connectivity index (χ4n) is 10.3. The number of imidazole rings is 1. The maximum Gasteiger partial charge on any atom is 0.428 e. The van der Waals surface area contributed by atoms with E-state index in [1.165, 1.54) is 21.1 Å². The molecule has 4 aliphatic heterocycles. The number of carbonyl (C=O) groups is 1. The van der Waals surface area contributed by atoms with Crippen molar-refractivity contribution >= 4 is 5.97 Å². The van der Waals surface area contributed by atoms with Crippen LogP contribution in [0.2, 0.25) is 0 Å². The number of hydrogen-bond acceptors (Lipinski definition) is 16. The first-order valence-electron chi connectivity index (χ1n) is 22.3. The minimum absolute atomic E-state index is 0.0369. The van der Waals surface area contributed by atoms with Crippen LogP contribution in [0.1, 0.15) is 101 Å². The van der Waals surface area contributed by atoms with Crippen molar-refractivity contribution < 1.29 is 71.5 Å². The number of methoxy groups -OCH3 is 1. The second-order valence-corrected chi connectivity index (χ2v) is 19.4. The van der Waals surface area contributed by atoms with Gasteiger partial charge in [-0.25, -0.2) is 4.98 Å². The number of halogens is 3. The summed E-state index contributed by atoms with van der Waals surface area (Å²) in [6.45, 7) is 17.3. The average molecular weight is 910 g/mol. The standard InChI is InChI=1S/C43H74F3N5O12/c1-13-29-41(10,55)34(52)26(6)50-19-22(2)17-39(8,54)35(63-37-33-28(16-23(3)58-37)51(11)38(62-33)43(44,45)46)24(4)32(25(5)36(53)60-29)61-31-18-40(9,57-12)42(56,27(7)59-31)21-47-20-30-48-14-15-49-30/h14-15,22-29,31-35,37-38,47,50,52,54-56H,13,16-21H2,1-12H3,(H,48,49)/t22-,23-,24+,25-,26-,27+,28+,29-,31+,32+,33-,34-,35-,37+,38?,39-,40-,41-,42+/m1/s1. The topological polar surface area (TPSA) is 219 Å². The molecule has 1 unspecified atom stereocenters. The Morgan fingerprint density at radius 3 is 2.32 bits per heavy atom. The Labute approximate surface area is 369 Å². The summed E-state index contributed by atoms with van der Waals surface area (Å²) in [5.74, 6) is -2.58. The van der Waals surface area contributed by atoms with Crippen LogP contribution in [0.4, 0.5) is 13.2 Å². The number of likely N-dealkylation sites (N-methyl/N-ethyl adjacent to an activating group) is 1. The lowest BCUT2D eigenvalue weighted by atomic mass is 9.75. The lowest BCUT2D eigenvalue weighted by molar-refractivity contribution is -0.336. The fraction of sp³-hybridized carbons (Fsp3) is 0.907. The molecule has 0 radical (unpaired) electrons. The molecule has 1 aromatic heterocycles. The van der Waals surface area contributed by atoms with Gasteiger partial charge in [0.05, 0.1) is 42.5 Å². The van der Waals surface area contributed by atoms with E-state index in [9.17, 15) is 38.4 Å². The fourth-order valence-corrected chi connectivity index (χ4v) is 10.3. The molecule has 0 saturated carbocycles. The van der Waals surface area contributed by atoms with Gasteiger partial charge in [-0.3, -0.25) is 9.69 Å². The highest BCUT2D eigenvalue weighted by atomic mass is 19.4. The van der Waals surface area contributed by atoms with E-state index in [1.54, 1.807) is 67.8 Å². The number of ether oxygens (including phenoxy) is 7. The van der Waals surface area contributed by atoms with Gasteiger partial charge >= 0.3 is 12.1 Å². The first kappa shape index (κ1) is 51.9. The van der Waals surface area contributed by atoms with Crippen LogP contribution in [0.3, 0.4) is 0 Å². The van der Waals surface area contributed by atoms with Crippen molar-refractivity contribution in [2.24, 2.45) is 17.8 Å². The molecule has 4 saturated heterocycles. The molecule has 17 nitrogen and oxygen atoms in total. The first-order valence-corrected chi connectivity index (χ1v) is 22.3. The van der Waals surface area contributed by atoms with Gasteiger partial charge in [0.25, 0.3) is 0 Å². The minimum atomic E-state index is -4.71. The number of aliphatic hydroxyl groups excluding tert-OH is 1. The molecule has 0 spiro atoms. The van der Waals surface area contributed by atoms with Gasteiger partial charge in [-0.2, -0.15) is 13.2 Å². The van der Waals surface area contributed by atoms with Gasteiger partial charge in [-0.1, -0.05) is 20.8 Å². The van der Waals surface area contributed by atoms with Gasteiger partial charge in [0.15, 0.2) is 12.6 Å². The molecular formula is C43H74F3N5O12. The third-order valence-corrected chi connectivity index (χ3v) is 14.2. The maximum absolute atomic E-state index is 14.4. The molecule has 1 aromatic rings. The van der Waals surface area contributed by atoms with E-state index in [-0.39, 0.29) is 44.7 Å². The molecule has 63 heavy (non-hydrogen) atoms. The lowest BCUT2D eigenvalue weighted by Gasteiger charge is -2.53. The second-order valence-electron chi connectivity index (χ2n) is 19.4. The van der Waals surface area contributed by atoms with Crippen LogP contribution in [0.15, 0.2) is 12.4 Å². The summed E-state index contributed by atoms with van der Waals surface area (Å²) >= 11 is 0. The number of nitrogens with one attached hydrogen (secondary N) is 3. The van der Waals surface area contributed by atoms with E-state index < -0.39 is 120 Å². The Morgan fingerprint density at radius 2 is 1.71 bits per heavy atom. The highest BCUT2D eigenvalue weighted by molar-refractivity contribution is 5.73. The van der Waals surface area contributed by atoms with Crippen molar-refractivity contribution in [3.05, 3.63) is 18.2 Å². The zero-order valence-electron chi connectivity index (χ0n) is 38.8. The molecule has 7 N–H and O–H groups in total. The molecule has 0 bridgehead atoms. The predicted molar refractivity (Wildman–Crippen MR) is 222 cm³/mol. The third kappa shape index (κ3) is 11.1. The van der Waals surface area contributed by atoms with Gasteiger partial charge < -0.3 is 69.2 Å². The zero-order valence-corrected chi connectivity index (χ0v) is 38.8. The van der Waals surface area contributed by atoms with Crippen LogP contribution in [0, 0.1) is 17.8 Å². The predicted octanol–water partition coefficient (Wildman–Crippen LogP) is 2.74. The summed E-state index contributed by atoms with van der Waals surface area (Å²) in [6, 6.07) is -1.42. The Balaban J connectivity index is 1.55. The number of carbonyl (C=O) groups excluding carboxylic acids is 1. The van der Waals surface area contributed by atoms with Crippen molar-refractivity contribution in [3.8, 4) is 0 Å². The summed E-state index contributed by atoms with van der Waals surface area (Å²) in [7, 11) is 2.81. The molecule has 4 fully saturated rings. The number of alkyl halides is 3. The molecule has 20 heteroatoms. The summed E-state index contributed by atoms with van der Waals surface area (Å²) < 4.78 is 86.7. The number of hydrogen-bond donors (Lipinski definition) is 7. The molecule has 0 aromatic carbocycles. The molecule has 5 rings (SSSR count). The van der Waals surface area contributed by atoms with Gasteiger partial charge in [-0.15, -0.1) is 0 Å². The Bertz CT molecular complexity index is 1630. The summed E-state index contributed by atoms with van der Waals surface area (Å²) in [5, 5.41) is 54.5. The molecular weight excluding hydrogens is 835 g/mol. The second kappa shape index (κ2) is 20.0. The number of H-pyrrole nitrogens is 1. The van der Waals surface area contributed by atoms with Gasteiger partial charge in [-0.05, 0) is 87.2 Å². The smallest absolute Gasteiger partial charge is 0.428 e. The quantitative estimate of drug-likeness (QED) is 0.168. The lowest BCUT2D eigenvalue weighted by Crippen LogP contribution is -2.70.